The van der Waals surface area contributed by atoms with Crippen LogP contribution in [0.1, 0.15) is 43.5 Å². The number of hydrogen-bond donors (Lipinski definition) is 0. The van der Waals surface area contributed by atoms with E-state index in [0.717, 1.165) is 26.4 Å². The van der Waals surface area contributed by atoms with Crippen LogP contribution in [0, 0.1) is 0 Å². The molecule has 0 radical (unpaired) electrons. The van der Waals surface area contributed by atoms with Gasteiger partial charge in [0.1, 0.15) is 12.4 Å². The molecular formula is C39H35BrN2O8S. The first-order valence-electron chi connectivity index (χ1n) is 16.3. The molecule has 51 heavy (non-hydrogen) atoms. The summed E-state index contributed by atoms with van der Waals surface area (Å²) in [6.45, 7) is 5.72. The Hall–Kier alpha value is -5.20. The van der Waals surface area contributed by atoms with Crippen LogP contribution in [0.15, 0.2) is 104 Å². The summed E-state index contributed by atoms with van der Waals surface area (Å²) in [4.78, 5) is 45.0. The third kappa shape index (κ3) is 7.62. The highest BCUT2D eigenvalue weighted by Gasteiger charge is 2.34. The lowest BCUT2D eigenvalue weighted by molar-refractivity contribution is -0.143. The molecule has 4 aromatic carbocycles. The van der Waals surface area contributed by atoms with E-state index in [1.807, 2.05) is 73.7 Å². The van der Waals surface area contributed by atoms with E-state index in [-0.39, 0.29) is 24.3 Å². The second-order valence-electron chi connectivity index (χ2n) is 11.4. The molecule has 12 heteroatoms. The number of rotatable bonds is 12. The average Bonchev–Trinajstić information content (AvgIpc) is 3.44. The number of esters is 2. The smallest absolute Gasteiger partial charge is 0.343 e. The van der Waals surface area contributed by atoms with Gasteiger partial charge >= 0.3 is 11.9 Å². The Kier molecular flexibility index (Phi) is 11.0. The molecule has 0 amide bonds. The summed E-state index contributed by atoms with van der Waals surface area (Å²) in [7, 11) is 1.28. The number of carbonyl (C=O) groups excluding carboxylic acids is 2. The second-order valence-corrected chi connectivity index (χ2v) is 13.3. The van der Waals surface area contributed by atoms with E-state index < -0.39 is 18.0 Å². The quantitative estimate of drug-likeness (QED) is 0.137. The van der Waals surface area contributed by atoms with E-state index in [2.05, 4.69) is 15.9 Å². The molecule has 0 fully saturated rings. The van der Waals surface area contributed by atoms with Crippen molar-refractivity contribution in [3.8, 4) is 17.2 Å². The number of nitrogens with zero attached hydrogens (tertiary/aromatic N) is 2. The fourth-order valence-electron chi connectivity index (χ4n) is 5.81. The highest BCUT2D eigenvalue weighted by atomic mass is 79.9. The van der Waals surface area contributed by atoms with Gasteiger partial charge in [0.2, 0.25) is 0 Å². The van der Waals surface area contributed by atoms with Crippen molar-refractivity contribution < 1.29 is 33.3 Å². The van der Waals surface area contributed by atoms with Gasteiger partial charge in [0, 0.05) is 10.0 Å². The minimum Gasteiger partial charge on any atom is -0.490 e. The van der Waals surface area contributed by atoms with Gasteiger partial charge in [-0.1, -0.05) is 75.8 Å². The Balaban J connectivity index is 1.50. The van der Waals surface area contributed by atoms with Gasteiger partial charge < -0.3 is 23.7 Å². The molecule has 0 unspecified atom stereocenters. The van der Waals surface area contributed by atoms with Gasteiger partial charge in [-0.3, -0.25) is 9.36 Å². The van der Waals surface area contributed by atoms with Crippen molar-refractivity contribution >= 4 is 56.1 Å². The first kappa shape index (κ1) is 35.6. The van der Waals surface area contributed by atoms with Crippen LogP contribution in [0.3, 0.4) is 0 Å². The van der Waals surface area contributed by atoms with Gasteiger partial charge in [0.25, 0.3) is 5.56 Å². The summed E-state index contributed by atoms with van der Waals surface area (Å²) >= 11 is 4.70. The van der Waals surface area contributed by atoms with E-state index >= 15 is 0 Å². The Morgan fingerprint density at radius 1 is 0.922 bits per heavy atom. The average molecular weight is 772 g/mol. The third-order valence-corrected chi connectivity index (χ3v) is 9.70. The third-order valence-electron chi connectivity index (χ3n) is 8.19. The topological polar surface area (TPSA) is 115 Å². The molecule has 0 N–H and O–H groups in total. The van der Waals surface area contributed by atoms with Gasteiger partial charge in [-0.25, -0.2) is 14.6 Å². The summed E-state index contributed by atoms with van der Waals surface area (Å²) in [5, 5.41) is 1.91. The molecule has 1 aliphatic rings. The zero-order valence-corrected chi connectivity index (χ0v) is 30.8. The Morgan fingerprint density at radius 3 is 2.43 bits per heavy atom. The number of halogens is 1. The summed E-state index contributed by atoms with van der Waals surface area (Å²) in [5.41, 5.74) is 2.63. The fraction of sp³-hybridized carbons (Fsp3) is 0.231. The predicted molar refractivity (Wildman–Crippen MR) is 198 cm³/mol. The number of allylic oxidation sites excluding steroid dienone is 1. The maximum absolute atomic E-state index is 14.5. The van der Waals surface area contributed by atoms with E-state index in [0.29, 0.717) is 51.1 Å². The van der Waals surface area contributed by atoms with Gasteiger partial charge in [-0.05, 0) is 79.1 Å². The van der Waals surface area contributed by atoms with Crippen molar-refractivity contribution in [1.29, 1.82) is 0 Å². The molecular weight excluding hydrogens is 736 g/mol. The van der Waals surface area contributed by atoms with Crippen LogP contribution < -0.4 is 29.1 Å². The number of carbonyl (C=O) groups is 2. The predicted octanol–water partition coefficient (Wildman–Crippen LogP) is 6.24. The van der Waals surface area contributed by atoms with Crippen LogP contribution in [-0.2, 0) is 25.7 Å². The Bertz CT molecular complexity index is 2330. The number of fused-ring (bicyclic) bond motifs is 2. The Labute approximate surface area is 306 Å². The van der Waals surface area contributed by atoms with Gasteiger partial charge in [-0.2, -0.15) is 0 Å². The van der Waals surface area contributed by atoms with Crippen molar-refractivity contribution in [2.45, 2.75) is 33.4 Å². The molecule has 0 saturated heterocycles. The van der Waals surface area contributed by atoms with Crippen LogP contribution >= 0.6 is 27.3 Å². The van der Waals surface area contributed by atoms with Gasteiger partial charge in [0.05, 0.1) is 42.2 Å². The number of methoxy groups -OCH3 is 1. The first-order chi connectivity index (χ1) is 24.7. The summed E-state index contributed by atoms with van der Waals surface area (Å²) in [6, 6.07) is 23.9. The van der Waals surface area contributed by atoms with Crippen molar-refractivity contribution in [3.05, 3.63) is 131 Å². The lowest BCUT2D eigenvalue weighted by Crippen LogP contribution is -2.40. The van der Waals surface area contributed by atoms with Gasteiger partial charge in [0.15, 0.2) is 22.9 Å². The molecule has 5 aromatic rings. The molecule has 262 valence electrons. The maximum Gasteiger partial charge on any atom is 0.343 e. The number of aromatic nitrogens is 1. The normalized spacial score (nSPS) is 14.1. The molecule has 0 spiro atoms. The Morgan fingerprint density at radius 2 is 1.69 bits per heavy atom. The van der Waals surface area contributed by atoms with E-state index in [1.54, 1.807) is 32.0 Å². The van der Waals surface area contributed by atoms with Crippen LogP contribution in [0.4, 0.5) is 0 Å². The van der Waals surface area contributed by atoms with Crippen molar-refractivity contribution in [2.24, 2.45) is 4.99 Å². The second kappa shape index (κ2) is 15.8. The largest absolute Gasteiger partial charge is 0.490 e. The van der Waals surface area contributed by atoms with Crippen molar-refractivity contribution in [1.82, 2.24) is 4.57 Å². The standard InChI is InChI=1S/C39H35BrN2O8S/c1-5-47-32-19-26(14-18-31(32)50-22-34(43)46-4)36-35(38(45)48-6-2)23(3)41-39-42(36)37(44)33(51-39)20-29-28-10-8-7-9-25(28)13-17-30(29)49-21-24-11-15-27(40)16-12-24/h7-20,36H,5-6,21-22H2,1-4H3/b33-20+/t36-/m0/s1. The molecule has 1 atom stereocenters. The van der Waals surface area contributed by atoms with E-state index in [1.165, 1.54) is 23.0 Å². The lowest BCUT2D eigenvalue weighted by atomic mass is 9.95. The number of thiazole rings is 1. The zero-order chi connectivity index (χ0) is 36.1. The van der Waals surface area contributed by atoms with Crippen LogP contribution in [-0.4, -0.2) is 43.4 Å². The summed E-state index contributed by atoms with van der Waals surface area (Å²) < 4.78 is 31.0. The molecule has 2 heterocycles. The van der Waals surface area contributed by atoms with E-state index in [4.69, 9.17) is 28.7 Å². The molecule has 10 nitrogen and oxygen atoms in total. The molecule has 6 rings (SSSR count). The minimum absolute atomic E-state index is 0.140. The lowest BCUT2D eigenvalue weighted by Gasteiger charge is -2.25. The van der Waals surface area contributed by atoms with Crippen molar-refractivity contribution in [2.75, 3.05) is 26.9 Å². The number of benzene rings is 4. The maximum atomic E-state index is 14.5. The number of ether oxygens (including phenoxy) is 5. The SMILES string of the molecule is CCOC(=O)C1=C(C)N=c2s/c(=C/c3c(OCc4ccc(Br)cc4)ccc4ccccc34)c(=O)n2[C@H]1c1ccc(OCC(=O)OC)c(OCC)c1. The monoisotopic (exact) mass is 770 g/mol. The van der Waals surface area contributed by atoms with Gasteiger partial charge in [-0.15, -0.1) is 0 Å². The van der Waals surface area contributed by atoms with Crippen LogP contribution in [0.2, 0.25) is 0 Å². The summed E-state index contributed by atoms with van der Waals surface area (Å²) in [6.07, 6.45) is 1.83. The molecule has 1 aromatic heterocycles. The fourth-order valence-corrected chi connectivity index (χ4v) is 7.10. The minimum atomic E-state index is -0.892. The molecule has 0 aliphatic carbocycles. The highest BCUT2D eigenvalue weighted by Crippen LogP contribution is 2.37. The molecule has 1 aliphatic heterocycles. The first-order valence-corrected chi connectivity index (χ1v) is 17.9. The van der Waals surface area contributed by atoms with Crippen LogP contribution in [0.5, 0.6) is 17.2 Å². The van der Waals surface area contributed by atoms with Crippen LogP contribution in [0.25, 0.3) is 16.8 Å². The molecule has 0 bridgehead atoms. The summed E-state index contributed by atoms with van der Waals surface area (Å²) in [5.74, 6) is 0.126. The van der Waals surface area contributed by atoms with Crippen molar-refractivity contribution in [3.63, 3.8) is 0 Å². The molecule has 0 saturated carbocycles. The zero-order valence-electron chi connectivity index (χ0n) is 28.4. The highest BCUT2D eigenvalue weighted by molar-refractivity contribution is 9.10. The number of hydrogen-bond acceptors (Lipinski definition) is 10. The van der Waals surface area contributed by atoms with E-state index in [9.17, 15) is 14.4 Å².